The van der Waals surface area contributed by atoms with Crippen molar-refractivity contribution in [1.29, 1.82) is 0 Å². The molecule has 1 unspecified atom stereocenters. The van der Waals surface area contributed by atoms with Crippen LogP contribution in [0.1, 0.15) is 39.5 Å². The van der Waals surface area contributed by atoms with Crippen molar-refractivity contribution in [3.05, 3.63) is 0 Å². The molecule has 15 heavy (non-hydrogen) atoms. The highest BCUT2D eigenvalue weighted by molar-refractivity contribution is 9.10. The Morgan fingerprint density at radius 1 is 1.53 bits per heavy atom. The number of ether oxygens (including phenoxy) is 1. The average molecular weight is 278 g/mol. The van der Waals surface area contributed by atoms with E-state index in [0.717, 1.165) is 19.4 Å². The van der Waals surface area contributed by atoms with Gasteiger partial charge in [-0.15, -0.1) is 0 Å². The van der Waals surface area contributed by atoms with Crippen molar-refractivity contribution >= 4 is 21.8 Å². The fraction of sp³-hybridized carbons (Fsp3) is 0.909. The SMILES string of the molecule is CC(C)(Br)C(=O)NCCC1CCCCO1. The highest BCUT2D eigenvalue weighted by Gasteiger charge is 2.23. The van der Waals surface area contributed by atoms with Crippen LogP contribution in [0, 0.1) is 0 Å². The first-order valence-electron chi connectivity index (χ1n) is 5.59. The van der Waals surface area contributed by atoms with Gasteiger partial charge in [-0.3, -0.25) is 4.79 Å². The van der Waals surface area contributed by atoms with Crippen molar-refractivity contribution in [3.8, 4) is 0 Å². The van der Waals surface area contributed by atoms with Gasteiger partial charge in [0.2, 0.25) is 5.91 Å². The number of amides is 1. The molecule has 0 aromatic heterocycles. The van der Waals surface area contributed by atoms with E-state index in [9.17, 15) is 4.79 Å². The third-order valence-electron chi connectivity index (χ3n) is 2.57. The molecule has 1 aliphatic heterocycles. The monoisotopic (exact) mass is 277 g/mol. The van der Waals surface area contributed by atoms with Crippen molar-refractivity contribution in [2.75, 3.05) is 13.2 Å². The molecule has 1 rings (SSSR count). The molecule has 1 heterocycles. The summed E-state index contributed by atoms with van der Waals surface area (Å²) in [6.07, 6.45) is 4.83. The largest absolute Gasteiger partial charge is 0.378 e. The topological polar surface area (TPSA) is 38.3 Å². The molecule has 1 fully saturated rings. The molecule has 3 nitrogen and oxygen atoms in total. The van der Waals surface area contributed by atoms with E-state index in [1.54, 1.807) is 0 Å². The standard InChI is InChI=1S/C11H20BrNO2/c1-11(2,12)10(14)13-7-6-9-5-3-4-8-15-9/h9H,3-8H2,1-2H3,(H,13,14). The summed E-state index contributed by atoms with van der Waals surface area (Å²) in [5.41, 5.74) is 0. The highest BCUT2D eigenvalue weighted by Crippen LogP contribution is 2.17. The van der Waals surface area contributed by atoms with Crippen LogP contribution in [-0.4, -0.2) is 29.5 Å². The minimum absolute atomic E-state index is 0.0401. The number of hydrogen-bond acceptors (Lipinski definition) is 2. The number of rotatable bonds is 4. The zero-order chi connectivity index (χ0) is 11.3. The molecule has 88 valence electrons. The Kier molecular flexibility index (Phi) is 5.06. The first-order valence-corrected chi connectivity index (χ1v) is 6.38. The minimum Gasteiger partial charge on any atom is -0.378 e. The summed E-state index contributed by atoms with van der Waals surface area (Å²) < 4.78 is 5.11. The van der Waals surface area contributed by atoms with Gasteiger partial charge in [-0.1, -0.05) is 15.9 Å². The second-order valence-corrected chi connectivity index (χ2v) is 6.49. The van der Waals surface area contributed by atoms with Crippen molar-refractivity contribution < 1.29 is 9.53 Å². The molecule has 0 bridgehead atoms. The van der Waals surface area contributed by atoms with Gasteiger partial charge >= 0.3 is 0 Å². The summed E-state index contributed by atoms with van der Waals surface area (Å²) in [5, 5.41) is 2.90. The van der Waals surface area contributed by atoms with Gasteiger partial charge in [0.1, 0.15) is 0 Å². The number of carbonyl (C=O) groups excluding carboxylic acids is 1. The lowest BCUT2D eigenvalue weighted by atomic mass is 10.1. The van der Waals surface area contributed by atoms with Gasteiger partial charge in [-0.25, -0.2) is 0 Å². The normalized spacial score (nSPS) is 22.5. The Morgan fingerprint density at radius 2 is 2.27 bits per heavy atom. The van der Waals surface area contributed by atoms with Crippen LogP contribution in [0.5, 0.6) is 0 Å². The molecule has 1 amide bonds. The highest BCUT2D eigenvalue weighted by atomic mass is 79.9. The molecule has 4 heteroatoms. The van der Waals surface area contributed by atoms with Crippen LogP contribution in [0.4, 0.5) is 0 Å². The molecular weight excluding hydrogens is 258 g/mol. The second-order valence-electron chi connectivity index (χ2n) is 4.51. The van der Waals surface area contributed by atoms with Gasteiger partial charge in [0, 0.05) is 13.2 Å². The van der Waals surface area contributed by atoms with Crippen LogP contribution in [0.15, 0.2) is 0 Å². The molecule has 1 atom stereocenters. The lowest BCUT2D eigenvalue weighted by Gasteiger charge is -2.23. The summed E-state index contributed by atoms with van der Waals surface area (Å²) in [5.74, 6) is 0.0401. The molecule has 0 aliphatic carbocycles. The van der Waals surface area contributed by atoms with Gasteiger partial charge in [0.25, 0.3) is 0 Å². The molecule has 0 aromatic rings. The Morgan fingerprint density at radius 3 is 2.80 bits per heavy atom. The Balaban J connectivity index is 2.12. The molecule has 1 aliphatic rings. The van der Waals surface area contributed by atoms with Crippen molar-refractivity contribution in [2.24, 2.45) is 0 Å². The van der Waals surface area contributed by atoms with E-state index in [2.05, 4.69) is 21.2 Å². The van der Waals surface area contributed by atoms with Gasteiger partial charge in [-0.05, 0) is 39.5 Å². The molecule has 0 radical (unpaired) electrons. The summed E-state index contributed by atoms with van der Waals surface area (Å²) in [6.45, 7) is 5.28. The van der Waals surface area contributed by atoms with E-state index < -0.39 is 4.32 Å². The summed E-state index contributed by atoms with van der Waals surface area (Å²) in [6, 6.07) is 0. The Labute approximate surface area is 100 Å². The third kappa shape index (κ3) is 4.98. The first kappa shape index (κ1) is 13.0. The van der Waals surface area contributed by atoms with Crippen molar-refractivity contribution in [3.63, 3.8) is 0 Å². The lowest BCUT2D eigenvalue weighted by molar-refractivity contribution is -0.122. The lowest BCUT2D eigenvalue weighted by Crippen LogP contribution is -2.39. The Bertz CT molecular complexity index is 207. The number of carbonyl (C=O) groups is 1. The quantitative estimate of drug-likeness (QED) is 0.801. The Hall–Kier alpha value is -0.0900. The number of hydrogen-bond donors (Lipinski definition) is 1. The average Bonchev–Trinajstić information content (AvgIpc) is 2.18. The summed E-state index contributed by atoms with van der Waals surface area (Å²) >= 11 is 3.33. The predicted molar refractivity (Wildman–Crippen MR) is 64.2 cm³/mol. The zero-order valence-electron chi connectivity index (χ0n) is 9.51. The second kappa shape index (κ2) is 5.85. The van der Waals surface area contributed by atoms with Gasteiger partial charge in [-0.2, -0.15) is 0 Å². The van der Waals surface area contributed by atoms with Gasteiger partial charge in [0.05, 0.1) is 10.4 Å². The van der Waals surface area contributed by atoms with Gasteiger partial charge in [0.15, 0.2) is 0 Å². The number of nitrogens with one attached hydrogen (secondary N) is 1. The van der Waals surface area contributed by atoms with E-state index in [1.807, 2.05) is 13.8 Å². The van der Waals surface area contributed by atoms with Crippen LogP contribution in [0.2, 0.25) is 0 Å². The minimum atomic E-state index is -0.472. The molecular formula is C11H20BrNO2. The maximum absolute atomic E-state index is 11.5. The fourth-order valence-electron chi connectivity index (χ4n) is 1.59. The van der Waals surface area contributed by atoms with E-state index in [0.29, 0.717) is 12.6 Å². The maximum Gasteiger partial charge on any atom is 0.236 e. The molecule has 0 saturated carbocycles. The van der Waals surface area contributed by atoms with Crippen LogP contribution < -0.4 is 5.32 Å². The molecule has 0 spiro atoms. The van der Waals surface area contributed by atoms with E-state index in [1.165, 1.54) is 12.8 Å². The zero-order valence-corrected chi connectivity index (χ0v) is 11.1. The third-order valence-corrected chi connectivity index (χ3v) is 2.93. The number of alkyl halides is 1. The van der Waals surface area contributed by atoms with Crippen molar-refractivity contribution in [2.45, 2.75) is 50.0 Å². The van der Waals surface area contributed by atoms with E-state index >= 15 is 0 Å². The van der Waals surface area contributed by atoms with E-state index in [4.69, 9.17) is 4.74 Å². The van der Waals surface area contributed by atoms with Crippen LogP contribution in [0.25, 0.3) is 0 Å². The van der Waals surface area contributed by atoms with Crippen LogP contribution in [-0.2, 0) is 9.53 Å². The predicted octanol–water partition coefficient (Wildman–Crippen LogP) is 2.24. The fourth-order valence-corrected chi connectivity index (χ4v) is 1.73. The van der Waals surface area contributed by atoms with E-state index in [-0.39, 0.29) is 5.91 Å². The number of halogens is 1. The smallest absolute Gasteiger partial charge is 0.236 e. The summed E-state index contributed by atoms with van der Waals surface area (Å²) in [4.78, 5) is 11.5. The summed E-state index contributed by atoms with van der Waals surface area (Å²) in [7, 11) is 0. The first-order chi connectivity index (χ1) is 7.00. The van der Waals surface area contributed by atoms with Crippen LogP contribution in [0.3, 0.4) is 0 Å². The molecule has 1 N–H and O–H groups in total. The maximum atomic E-state index is 11.5. The van der Waals surface area contributed by atoms with Crippen molar-refractivity contribution in [1.82, 2.24) is 5.32 Å². The van der Waals surface area contributed by atoms with Gasteiger partial charge < -0.3 is 10.1 Å². The van der Waals surface area contributed by atoms with Crippen LogP contribution >= 0.6 is 15.9 Å². The molecule has 1 saturated heterocycles. The molecule has 0 aromatic carbocycles.